The van der Waals surface area contributed by atoms with Crippen LogP contribution in [0.2, 0.25) is 0 Å². The van der Waals surface area contributed by atoms with Crippen LogP contribution in [-0.2, 0) is 4.79 Å². The Morgan fingerprint density at radius 2 is 1.73 bits per heavy atom. The van der Waals surface area contributed by atoms with Gasteiger partial charge in [0, 0.05) is 43.0 Å². The molecule has 7 rings (SSSR count). The summed E-state index contributed by atoms with van der Waals surface area (Å²) >= 11 is 0. The second kappa shape index (κ2) is 7.87. The maximum Gasteiger partial charge on any atom is 0.284 e. The molecule has 2 saturated carbocycles. The number of carbonyl (C=O) groups is 1. The van der Waals surface area contributed by atoms with Gasteiger partial charge in [0.25, 0.3) is 11.3 Å². The highest BCUT2D eigenvalue weighted by molar-refractivity contribution is 5.81. The van der Waals surface area contributed by atoms with Crippen LogP contribution in [0, 0.1) is 29.6 Å². The van der Waals surface area contributed by atoms with Gasteiger partial charge in [-0.2, -0.15) is 10.2 Å². The minimum Gasteiger partial charge on any atom is -0.422 e. The summed E-state index contributed by atoms with van der Waals surface area (Å²) in [4.78, 5) is 37.5. The molecule has 2 aliphatic carbocycles. The molecule has 3 aliphatic rings. The van der Waals surface area contributed by atoms with Gasteiger partial charge in [-0.15, -0.1) is 0 Å². The zero-order valence-electron chi connectivity index (χ0n) is 20.5. The minimum atomic E-state index is -0.193. The minimum absolute atomic E-state index is 0.0286. The second-order valence-electron chi connectivity index (χ2n) is 10.6. The predicted molar refractivity (Wildman–Crippen MR) is 136 cm³/mol. The van der Waals surface area contributed by atoms with Crippen LogP contribution >= 0.6 is 0 Å². The van der Waals surface area contributed by atoms with Crippen LogP contribution in [0.4, 0.5) is 0 Å². The molecule has 2 aromatic carbocycles. The summed E-state index contributed by atoms with van der Waals surface area (Å²) in [6, 6.07) is 17.5. The van der Waals surface area contributed by atoms with E-state index in [1.807, 2.05) is 41.3 Å². The molecule has 0 radical (unpaired) electrons. The van der Waals surface area contributed by atoms with E-state index in [4.69, 9.17) is 14.7 Å². The van der Waals surface area contributed by atoms with Crippen molar-refractivity contribution in [1.29, 1.82) is 5.26 Å². The number of nitriles is 1. The van der Waals surface area contributed by atoms with Gasteiger partial charge in [0.05, 0.1) is 11.6 Å². The first-order valence-corrected chi connectivity index (χ1v) is 12.8. The van der Waals surface area contributed by atoms with E-state index in [0.717, 1.165) is 48.9 Å². The summed E-state index contributed by atoms with van der Waals surface area (Å²) in [7, 11) is 0. The average Bonchev–Trinajstić information content (AvgIpc) is 3.80. The van der Waals surface area contributed by atoms with Gasteiger partial charge in [0.2, 0.25) is 5.91 Å². The Bertz CT molecular complexity index is 1660. The number of benzene rings is 2. The number of aryl methyl sites for hydroxylation is 1. The van der Waals surface area contributed by atoms with Gasteiger partial charge in [-0.3, -0.25) is 14.2 Å². The van der Waals surface area contributed by atoms with E-state index in [-0.39, 0.29) is 40.1 Å². The van der Waals surface area contributed by atoms with Crippen LogP contribution in [0.5, 0.6) is 0 Å². The molecule has 0 N–H and O–H groups in total. The monoisotopic (exact) mass is 491 g/mol. The van der Waals surface area contributed by atoms with Crippen LogP contribution in [0.1, 0.15) is 43.2 Å². The molecule has 1 saturated heterocycles. The number of amides is 1. The SMILES string of the molecule is Cc1nc2c(=O)n(C3CC34CCN(C(=O)C3CC3)C4)c(-c3ccc(-c4ccc(C#N)cc4)cc3)nc2o1. The fourth-order valence-corrected chi connectivity index (χ4v) is 5.84. The summed E-state index contributed by atoms with van der Waals surface area (Å²) in [5.74, 6) is 1.45. The Hall–Kier alpha value is -4.25. The summed E-state index contributed by atoms with van der Waals surface area (Å²) in [6.45, 7) is 3.18. The Balaban J connectivity index is 1.27. The fourth-order valence-electron chi connectivity index (χ4n) is 5.84. The molecule has 8 heteroatoms. The topological polar surface area (TPSA) is 105 Å². The molecule has 37 heavy (non-hydrogen) atoms. The van der Waals surface area contributed by atoms with Crippen molar-refractivity contribution in [1.82, 2.24) is 19.4 Å². The molecular weight excluding hydrogens is 466 g/mol. The molecule has 184 valence electrons. The number of rotatable bonds is 4. The standard InChI is InChI=1S/C29H25N5O3/c1-17-31-24-26(37-17)32-25(21-8-6-20(7-9-21)19-4-2-18(15-30)3-5-19)34(28(24)36)23-14-29(23)12-13-33(16-29)27(35)22-10-11-22/h2-9,22-23H,10-14,16H2,1H3. The average molecular weight is 492 g/mol. The van der Waals surface area contributed by atoms with Crippen molar-refractivity contribution < 1.29 is 9.21 Å². The number of nitrogens with zero attached hydrogens (tertiary/aromatic N) is 5. The van der Waals surface area contributed by atoms with Crippen molar-refractivity contribution in [3.05, 3.63) is 70.3 Å². The van der Waals surface area contributed by atoms with Crippen molar-refractivity contribution >= 4 is 17.1 Å². The van der Waals surface area contributed by atoms with Crippen LogP contribution in [-0.4, -0.2) is 38.4 Å². The molecule has 3 heterocycles. The van der Waals surface area contributed by atoms with Gasteiger partial charge in [-0.1, -0.05) is 36.4 Å². The Morgan fingerprint density at radius 1 is 1.05 bits per heavy atom. The van der Waals surface area contributed by atoms with E-state index in [2.05, 4.69) is 11.1 Å². The molecule has 4 aromatic rings. The van der Waals surface area contributed by atoms with Crippen LogP contribution < -0.4 is 5.56 Å². The smallest absolute Gasteiger partial charge is 0.284 e. The molecule has 3 fully saturated rings. The van der Waals surface area contributed by atoms with Gasteiger partial charge in [-0.25, -0.2) is 4.98 Å². The van der Waals surface area contributed by atoms with E-state index >= 15 is 0 Å². The summed E-state index contributed by atoms with van der Waals surface area (Å²) in [6.07, 6.45) is 3.75. The van der Waals surface area contributed by atoms with Gasteiger partial charge in [0.15, 0.2) is 11.4 Å². The zero-order valence-corrected chi connectivity index (χ0v) is 20.5. The van der Waals surface area contributed by atoms with Crippen LogP contribution in [0.15, 0.2) is 57.7 Å². The summed E-state index contributed by atoms with van der Waals surface area (Å²) in [5.41, 5.74) is 3.67. The first kappa shape index (κ1) is 22.0. The van der Waals surface area contributed by atoms with Crippen molar-refractivity contribution in [2.75, 3.05) is 13.1 Å². The third kappa shape index (κ3) is 3.57. The number of hydrogen-bond donors (Lipinski definition) is 0. The predicted octanol–water partition coefficient (Wildman–Crippen LogP) is 4.47. The van der Waals surface area contributed by atoms with Crippen LogP contribution in [0.3, 0.4) is 0 Å². The largest absolute Gasteiger partial charge is 0.422 e. The van der Waals surface area contributed by atoms with Gasteiger partial charge >= 0.3 is 0 Å². The Labute approximate surface area is 213 Å². The second-order valence-corrected chi connectivity index (χ2v) is 10.6. The molecule has 1 amide bonds. The third-order valence-corrected chi connectivity index (χ3v) is 8.15. The fraction of sp³-hybridized carbons (Fsp3) is 0.345. The van der Waals surface area contributed by atoms with Crippen LogP contribution in [0.25, 0.3) is 33.7 Å². The highest BCUT2D eigenvalue weighted by Gasteiger charge is 2.60. The van der Waals surface area contributed by atoms with E-state index in [1.54, 1.807) is 23.6 Å². The highest BCUT2D eigenvalue weighted by atomic mass is 16.4. The molecule has 1 aliphatic heterocycles. The maximum absolute atomic E-state index is 13.7. The number of hydrogen-bond acceptors (Lipinski definition) is 6. The molecule has 2 unspecified atom stereocenters. The normalized spacial score (nSPS) is 22.5. The van der Waals surface area contributed by atoms with Gasteiger partial charge in [0.1, 0.15) is 5.82 Å². The maximum atomic E-state index is 13.7. The lowest BCUT2D eigenvalue weighted by Crippen LogP contribution is -2.31. The highest BCUT2D eigenvalue weighted by Crippen LogP contribution is 2.62. The lowest BCUT2D eigenvalue weighted by molar-refractivity contribution is -0.131. The van der Waals surface area contributed by atoms with E-state index in [9.17, 15) is 9.59 Å². The van der Waals surface area contributed by atoms with Crippen molar-refractivity contribution in [2.45, 2.75) is 38.6 Å². The molecule has 1 spiro atoms. The number of fused-ring (bicyclic) bond motifs is 1. The Morgan fingerprint density at radius 3 is 2.41 bits per heavy atom. The molecule has 2 atom stereocenters. The number of aromatic nitrogens is 3. The summed E-state index contributed by atoms with van der Waals surface area (Å²) in [5, 5.41) is 9.07. The molecular formula is C29H25N5O3. The molecule has 0 bridgehead atoms. The lowest BCUT2D eigenvalue weighted by Gasteiger charge is -2.18. The Kier molecular flexibility index (Phi) is 4.68. The first-order chi connectivity index (χ1) is 18.0. The first-order valence-electron chi connectivity index (χ1n) is 12.8. The molecule has 2 aromatic heterocycles. The number of carbonyl (C=O) groups excluding carboxylic acids is 1. The van der Waals surface area contributed by atoms with E-state index in [1.165, 1.54) is 0 Å². The van der Waals surface area contributed by atoms with Crippen molar-refractivity contribution in [3.63, 3.8) is 0 Å². The van der Waals surface area contributed by atoms with E-state index in [0.29, 0.717) is 23.8 Å². The van der Waals surface area contributed by atoms with Crippen molar-refractivity contribution in [3.8, 4) is 28.6 Å². The third-order valence-electron chi connectivity index (χ3n) is 8.15. The van der Waals surface area contributed by atoms with Gasteiger partial charge in [-0.05, 0) is 48.9 Å². The van der Waals surface area contributed by atoms with Crippen molar-refractivity contribution in [2.24, 2.45) is 11.3 Å². The molecule has 8 nitrogen and oxygen atoms in total. The van der Waals surface area contributed by atoms with Gasteiger partial charge < -0.3 is 9.32 Å². The van der Waals surface area contributed by atoms with E-state index < -0.39 is 0 Å². The zero-order chi connectivity index (χ0) is 25.3. The quantitative estimate of drug-likeness (QED) is 0.417. The number of likely N-dealkylation sites (tertiary alicyclic amines) is 1. The lowest BCUT2D eigenvalue weighted by atomic mass is 10.0. The summed E-state index contributed by atoms with van der Waals surface area (Å²) < 4.78 is 7.46. The number of oxazole rings is 1.